The van der Waals surface area contributed by atoms with Gasteiger partial charge in [0, 0.05) is 5.71 Å². The molecule has 0 aromatic heterocycles. The number of halogens is 1. The van der Waals surface area contributed by atoms with Crippen LogP contribution in [0.3, 0.4) is 0 Å². The molecule has 2 heteroatoms. The molecule has 1 nitrogen and oxygen atoms in total. The fraction of sp³-hybridized carbons (Fsp3) is 0.500. The Bertz CT molecular complexity index is 131. The molecule has 0 atom stereocenters. The zero-order chi connectivity index (χ0) is 6.73. The maximum atomic E-state index is 7.04. The largest absolute Gasteiger partial charge is 0.304 e. The van der Waals surface area contributed by atoms with Crippen LogP contribution in [-0.2, 0) is 0 Å². The second-order valence-electron chi connectivity index (χ2n) is 1.94. The van der Waals surface area contributed by atoms with Crippen LogP contribution in [0.25, 0.3) is 0 Å². The van der Waals surface area contributed by atoms with E-state index >= 15 is 0 Å². The molecule has 0 fully saturated rings. The van der Waals surface area contributed by atoms with Gasteiger partial charge in [-0.05, 0) is 20.8 Å². The smallest absolute Gasteiger partial charge is 0.0597 e. The molecule has 0 aliphatic heterocycles. The van der Waals surface area contributed by atoms with Crippen molar-refractivity contribution in [1.82, 2.24) is 0 Å². The zero-order valence-electron chi connectivity index (χ0n) is 5.38. The van der Waals surface area contributed by atoms with Gasteiger partial charge in [-0.2, -0.15) is 0 Å². The van der Waals surface area contributed by atoms with Crippen LogP contribution in [0, 0.1) is 5.41 Å². The Morgan fingerprint density at radius 2 is 1.62 bits per heavy atom. The maximum Gasteiger partial charge on any atom is 0.0597 e. The molecule has 0 amide bonds. The molecule has 0 aromatic rings. The van der Waals surface area contributed by atoms with E-state index in [0.717, 1.165) is 5.57 Å². The van der Waals surface area contributed by atoms with Gasteiger partial charge in [-0.15, -0.1) is 0 Å². The van der Waals surface area contributed by atoms with Gasteiger partial charge in [0.15, 0.2) is 0 Å². The first kappa shape index (κ1) is 7.70. The van der Waals surface area contributed by atoms with Gasteiger partial charge in [-0.1, -0.05) is 17.2 Å². The lowest BCUT2D eigenvalue weighted by atomic mass is 10.2. The van der Waals surface area contributed by atoms with Gasteiger partial charge in [-0.25, -0.2) is 0 Å². The highest BCUT2D eigenvalue weighted by Crippen LogP contribution is 2.08. The van der Waals surface area contributed by atoms with E-state index in [-0.39, 0.29) is 0 Å². The number of allylic oxidation sites excluding steroid dienone is 2. The molecule has 8 heavy (non-hydrogen) atoms. The third-order valence-electron chi connectivity index (χ3n) is 0.768. The minimum absolute atomic E-state index is 0.437. The highest BCUT2D eigenvalue weighted by molar-refractivity contribution is 6.43. The summed E-state index contributed by atoms with van der Waals surface area (Å²) < 4.78 is 0. The molecule has 1 N–H and O–H groups in total. The fourth-order valence-electron chi connectivity index (χ4n) is 0.375. The zero-order valence-corrected chi connectivity index (χ0v) is 6.13. The van der Waals surface area contributed by atoms with Crippen molar-refractivity contribution in [1.29, 1.82) is 5.41 Å². The minimum atomic E-state index is 0.437. The molecule has 0 saturated heterocycles. The molecule has 0 aromatic carbocycles. The quantitative estimate of drug-likeness (QED) is 0.529. The van der Waals surface area contributed by atoms with Crippen LogP contribution < -0.4 is 0 Å². The van der Waals surface area contributed by atoms with Crippen LogP contribution >= 0.6 is 11.6 Å². The predicted molar refractivity (Wildman–Crippen MR) is 37.6 cm³/mol. The van der Waals surface area contributed by atoms with Crippen LogP contribution in [0.4, 0.5) is 0 Å². The molecule has 0 spiro atoms. The molecule has 46 valence electrons. The van der Waals surface area contributed by atoms with Gasteiger partial charge in [0.2, 0.25) is 0 Å². The van der Waals surface area contributed by atoms with E-state index in [1.807, 2.05) is 13.8 Å². The molecule has 0 heterocycles. The van der Waals surface area contributed by atoms with E-state index in [9.17, 15) is 0 Å². The predicted octanol–water partition coefficient (Wildman–Crippen LogP) is 2.56. The first-order valence-electron chi connectivity index (χ1n) is 2.44. The van der Waals surface area contributed by atoms with Crippen LogP contribution in [0.15, 0.2) is 10.6 Å². The molecule has 0 aliphatic carbocycles. The summed E-state index contributed by atoms with van der Waals surface area (Å²) in [6.07, 6.45) is 0. The summed E-state index contributed by atoms with van der Waals surface area (Å²) >= 11 is 5.61. The Hall–Kier alpha value is -0.300. The fourth-order valence-corrected chi connectivity index (χ4v) is 0.375. The van der Waals surface area contributed by atoms with E-state index in [1.54, 1.807) is 6.92 Å². The molecule has 0 unspecified atom stereocenters. The van der Waals surface area contributed by atoms with Crippen molar-refractivity contribution in [3.8, 4) is 0 Å². The topological polar surface area (TPSA) is 23.9 Å². The van der Waals surface area contributed by atoms with Crippen molar-refractivity contribution in [3.63, 3.8) is 0 Å². The number of hydrogen-bond acceptors (Lipinski definition) is 1. The molecule has 0 saturated carbocycles. The van der Waals surface area contributed by atoms with E-state index in [4.69, 9.17) is 17.0 Å². The Morgan fingerprint density at radius 1 is 1.25 bits per heavy atom. The van der Waals surface area contributed by atoms with Crippen LogP contribution in [0.5, 0.6) is 0 Å². The summed E-state index contributed by atoms with van der Waals surface area (Å²) in [6, 6.07) is 0. The van der Waals surface area contributed by atoms with Crippen molar-refractivity contribution < 1.29 is 0 Å². The third kappa shape index (κ3) is 2.12. The van der Waals surface area contributed by atoms with Crippen LogP contribution in [0.1, 0.15) is 20.8 Å². The summed E-state index contributed by atoms with van der Waals surface area (Å²) in [4.78, 5) is 0. The SMILES string of the molecule is CC(=N)C(Cl)=C(C)C. The number of nitrogens with one attached hydrogen (secondary N) is 1. The summed E-state index contributed by atoms with van der Waals surface area (Å²) in [6.45, 7) is 5.45. The second kappa shape index (κ2) is 2.88. The van der Waals surface area contributed by atoms with Gasteiger partial charge < -0.3 is 5.41 Å². The van der Waals surface area contributed by atoms with Crippen LogP contribution in [-0.4, -0.2) is 5.71 Å². The lowest BCUT2D eigenvalue weighted by molar-refractivity contribution is 1.36. The first-order valence-corrected chi connectivity index (χ1v) is 2.82. The Kier molecular flexibility index (Phi) is 2.77. The first-order chi connectivity index (χ1) is 3.55. The second-order valence-corrected chi connectivity index (χ2v) is 2.32. The maximum absolute atomic E-state index is 7.04. The monoisotopic (exact) mass is 131 g/mol. The molecule has 0 rings (SSSR count). The summed E-state index contributed by atoms with van der Waals surface area (Å²) in [5.41, 5.74) is 1.44. The lowest BCUT2D eigenvalue weighted by Crippen LogP contribution is -1.88. The van der Waals surface area contributed by atoms with E-state index < -0.39 is 0 Å². The Labute approximate surface area is 54.9 Å². The molecular formula is C6H10ClN. The van der Waals surface area contributed by atoms with Crippen molar-refractivity contribution in [2.45, 2.75) is 20.8 Å². The average Bonchev–Trinajstić information content (AvgIpc) is 1.64. The molecule has 0 radical (unpaired) electrons. The van der Waals surface area contributed by atoms with E-state index in [1.165, 1.54) is 0 Å². The van der Waals surface area contributed by atoms with E-state index in [0.29, 0.717) is 10.7 Å². The lowest BCUT2D eigenvalue weighted by Gasteiger charge is -1.94. The van der Waals surface area contributed by atoms with Gasteiger partial charge in [0.1, 0.15) is 0 Å². The van der Waals surface area contributed by atoms with Crippen molar-refractivity contribution in [2.75, 3.05) is 0 Å². The normalized spacial score (nSPS) is 8.50. The van der Waals surface area contributed by atoms with E-state index in [2.05, 4.69) is 0 Å². The van der Waals surface area contributed by atoms with Crippen LogP contribution in [0.2, 0.25) is 0 Å². The standard InChI is InChI=1S/C6H10ClN/c1-4(2)6(7)5(3)8/h8H,1-3H3. The minimum Gasteiger partial charge on any atom is -0.304 e. The van der Waals surface area contributed by atoms with Gasteiger partial charge >= 0.3 is 0 Å². The Morgan fingerprint density at radius 3 is 1.62 bits per heavy atom. The molecule has 0 bridgehead atoms. The van der Waals surface area contributed by atoms with Gasteiger partial charge in [-0.3, -0.25) is 0 Å². The Balaban J connectivity index is 4.23. The van der Waals surface area contributed by atoms with Crippen molar-refractivity contribution >= 4 is 17.3 Å². The average molecular weight is 132 g/mol. The van der Waals surface area contributed by atoms with Gasteiger partial charge in [0.05, 0.1) is 5.03 Å². The highest BCUT2D eigenvalue weighted by atomic mass is 35.5. The summed E-state index contributed by atoms with van der Waals surface area (Å²) in [5.74, 6) is 0. The third-order valence-corrected chi connectivity index (χ3v) is 1.43. The summed E-state index contributed by atoms with van der Waals surface area (Å²) in [7, 11) is 0. The summed E-state index contributed by atoms with van der Waals surface area (Å²) in [5, 5.41) is 7.62. The highest BCUT2D eigenvalue weighted by Gasteiger charge is 1.94. The number of hydrogen-bond donors (Lipinski definition) is 1. The van der Waals surface area contributed by atoms with Crippen molar-refractivity contribution in [3.05, 3.63) is 10.6 Å². The molecular weight excluding hydrogens is 122 g/mol. The number of rotatable bonds is 1. The van der Waals surface area contributed by atoms with Crippen molar-refractivity contribution in [2.24, 2.45) is 0 Å². The molecule has 0 aliphatic rings. The van der Waals surface area contributed by atoms with Gasteiger partial charge in [0.25, 0.3) is 0 Å².